The summed E-state index contributed by atoms with van der Waals surface area (Å²) >= 11 is 3.17. The van der Waals surface area contributed by atoms with Gasteiger partial charge in [0.2, 0.25) is 0 Å². The van der Waals surface area contributed by atoms with Crippen LogP contribution in [0.4, 0.5) is 8.78 Å². The van der Waals surface area contributed by atoms with Crippen molar-refractivity contribution in [1.29, 1.82) is 0 Å². The summed E-state index contributed by atoms with van der Waals surface area (Å²) in [5.41, 5.74) is 5.55. The van der Waals surface area contributed by atoms with Crippen LogP contribution in [0.25, 0.3) is 0 Å². The molecule has 0 aliphatic heterocycles. The monoisotopic (exact) mass is 337 g/mol. The lowest BCUT2D eigenvalue weighted by Crippen LogP contribution is -2.41. The second-order valence-electron chi connectivity index (χ2n) is 3.72. The van der Waals surface area contributed by atoms with Gasteiger partial charge in [0.1, 0.15) is 11.8 Å². The van der Waals surface area contributed by atoms with Gasteiger partial charge in [-0.25, -0.2) is 4.79 Å². The van der Waals surface area contributed by atoms with Crippen LogP contribution in [0, 0.1) is 0 Å². The lowest BCUT2D eigenvalue weighted by molar-refractivity contribution is -0.174. The van der Waals surface area contributed by atoms with Gasteiger partial charge in [0.05, 0.1) is 18.2 Å². The van der Waals surface area contributed by atoms with Gasteiger partial charge in [-0.3, -0.25) is 0 Å². The molecule has 19 heavy (non-hydrogen) atoms. The molecule has 1 rings (SSSR count). The maximum Gasteiger partial charge on any atom is 0.379 e. The first kappa shape index (κ1) is 15.8. The zero-order valence-corrected chi connectivity index (χ0v) is 12.0. The van der Waals surface area contributed by atoms with Gasteiger partial charge < -0.3 is 15.2 Å². The van der Waals surface area contributed by atoms with E-state index in [1.807, 2.05) is 0 Å². The zero-order valence-electron chi connectivity index (χ0n) is 10.5. The highest BCUT2D eigenvalue weighted by Gasteiger charge is 2.47. The predicted octanol–water partition coefficient (Wildman–Crippen LogP) is 2.66. The van der Waals surface area contributed by atoms with Crippen molar-refractivity contribution in [3.63, 3.8) is 0 Å². The highest BCUT2D eigenvalue weighted by Crippen LogP contribution is 2.34. The van der Waals surface area contributed by atoms with Gasteiger partial charge in [-0.1, -0.05) is 6.07 Å². The minimum Gasteiger partial charge on any atom is -0.496 e. The molecule has 0 heterocycles. The van der Waals surface area contributed by atoms with Crippen LogP contribution in [-0.4, -0.2) is 25.6 Å². The molecule has 0 radical (unpaired) electrons. The van der Waals surface area contributed by atoms with E-state index in [0.29, 0.717) is 10.2 Å². The zero-order chi connectivity index (χ0) is 14.6. The SMILES string of the molecule is CCOC(=O)C(F)(F)[C@@H](N)c1ccc(OC)c(Br)c1. The summed E-state index contributed by atoms with van der Waals surface area (Å²) in [7, 11) is 1.45. The Hall–Kier alpha value is -1.21. The van der Waals surface area contributed by atoms with E-state index in [1.54, 1.807) is 0 Å². The molecule has 0 amide bonds. The van der Waals surface area contributed by atoms with Crippen LogP contribution in [-0.2, 0) is 9.53 Å². The van der Waals surface area contributed by atoms with Crippen LogP contribution < -0.4 is 10.5 Å². The maximum absolute atomic E-state index is 13.8. The second kappa shape index (κ2) is 6.29. The summed E-state index contributed by atoms with van der Waals surface area (Å²) in [6, 6.07) is 2.46. The molecule has 4 nitrogen and oxygen atoms in total. The first-order valence-corrected chi connectivity index (χ1v) is 6.28. The second-order valence-corrected chi connectivity index (χ2v) is 4.57. The Morgan fingerprint density at radius 1 is 1.53 bits per heavy atom. The van der Waals surface area contributed by atoms with E-state index >= 15 is 0 Å². The summed E-state index contributed by atoms with van der Waals surface area (Å²) < 4.78 is 37.3. The molecule has 0 bridgehead atoms. The van der Waals surface area contributed by atoms with Gasteiger partial charge in [-0.05, 0) is 40.5 Å². The first-order chi connectivity index (χ1) is 8.84. The third-order valence-electron chi connectivity index (χ3n) is 2.47. The van der Waals surface area contributed by atoms with Crippen molar-refractivity contribution in [2.45, 2.75) is 18.9 Å². The third kappa shape index (κ3) is 3.42. The Kier molecular flexibility index (Phi) is 5.25. The topological polar surface area (TPSA) is 61.5 Å². The third-order valence-corrected chi connectivity index (χ3v) is 3.09. The molecule has 7 heteroatoms. The molecular formula is C12H14BrF2NO3. The number of hydrogen-bond donors (Lipinski definition) is 1. The smallest absolute Gasteiger partial charge is 0.379 e. The Balaban J connectivity index is 3.02. The summed E-state index contributed by atoms with van der Waals surface area (Å²) in [5, 5.41) is 0. The predicted molar refractivity (Wildman–Crippen MR) is 69.2 cm³/mol. The molecular weight excluding hydrogens is 324 g/mol. The van der Waals surface area contributed by atoms with Gasteiger partial charge in [0.25, 0.3) is 0 Å². The number of esters is 1. The number of hydrogen-bond acceptors (Lipinski definition) is 4. The van der Waals surface area contributed by atoms with Crippen molar-refractivity contribution < 1.29 is 23.0 Å². The van der Waals surface area contributed by atoms with E-state index < -0.39 is 17.9 Å². The molecule has 0 aliphatic carbocycles. The van der Waals surface area contributed by atoms with E-state index in [9.17, 15) is 13.6 Å². The van der Waals surface area contributed by atoms with Gasteiger partial charge in [0, 0.05) is 0 Å². The molecule has 0 aliphatic rings. The van der Waals surface area contributed by atoms with E-state index in [0.717, 1.165) is 0 Å². The maximum atomic E-state index is 13.8. The molecule has 0 saturated carbocycles. The summed E-state index contributed by atoms with van der Waals surface area (Å²) in [5.74, 6) is -4.94. The van der Waals surface area contributed by atoms with Crippen LogP contribution >= 0.6 is 15.9 Å². The van der Waals surface area contributed by atoms with Crippen molar-refractivity contribution in [1.82, 2.24) is 0 Å². The number of ether oxygens (including phenoxy) is 2. The first-order valence-electron chi connectivity index (χ1n) is 5.48. The Morgan fingerprint density at radius 2 is 2.16 bits per heavy atom. The molecule has 0 fully saturated rings. The highest BCUT2D eigenvalue weighted by atomic mass is 79.9. The van der Waals surface area contributed by atoms with Gasteiger partial charge in [0.15, 0.2) is 0 Å². The van der Waals surface area contributed by atoms with Crippen molar-refractivity contribution in [3.8, 4) is 5.75 Å². The molecule has 0 aromatic heterocycles. The molecule has 1 atom stereocenters. The van der Waals surface area contributed by atoms with E-state index in [4.69, 9.17) is 10.5 Å². The van der Waals surface area contributed by atoms with Crippen LogP contribution in [0.15, 0.2) is 22.7 Å². The van der Waals surface area contributed by atoms with E-state index in [1.165, 1.54) is 32.2 Å². The van der Waals surface area contributed by atoms with Crippen molar-refractivity contribution in [2.24, 2.45) is 5.73 Å². The summed E-state index contributed by atoms with van der Waals surface area (Å²) in [6.45, 7) is 1.32. The molecule has 106 valence electrons. The fourth-order valence-corrected chi connectivity index (χ4v) is 2.00. The van der Waals surface area contributed by atoms with Crippen LogP contribution in [0.3, 0.4) is 0 Å². The fraction of sp³-hybridized carbons (Fsp3) is 0.417. The largest absolute Gasteiger partial charge is 0.496 e. The average Bonchev–Trinajstić information content (AvgIpc) is 2.37. The van der Waals surface area contributed by atoms with Crippen molar-refractivity contribution >= 4 is 21.9 Å². The van der Waals surface area contributed by atoms with Crippen LogP contribution in [0.1, 0.15) is 18.5 Å². The molecule has 2 N–H and O–H groups in total. The van der Waals surface area contributed by atoms with Crippen molar-refractivity contribution in [2.75, 3.05) is 13.7 Å². The number of alkyl halides is 2. The Morgan fingerprint density at radius 3 is 2.63 bits per heavy atom. The normalized spacial score (nSPS) is 12.9. The molecule has 0 unspecified atom stereocenters. The summed E-state index contributed by atoms with van der Waals surface area (Å²) in [4.78, 5) is 11.2. The van der Waals surface area contributed by atoms with Gasteiger partial charge >= 0.3 is 11.9 Å². The summed E-state index contributed by atoms with van der Waals surface area (Å²) in [6.07, 6.45) is 0. The minimum absolute atomic E-state index is 0.103. The quantitative estimate of drug-likeness (QED) is 0.839. The minimum atomic E-state index is -3.79. The number of rotatable bonds is 5. The number of carbonyl (C=O) groups excluding carboxylic acids is 1. The number of nitrogens with two attached hydrogens (primary N) is 1. The number of benzene rings is 1. The molecule has 0 saturated heterocycles. The number of carbonyl (C=O) groups is 1. The Bertz CT molecular complexity index is 468. The lowest BCUT2D eigenvalue weighted by atomic mass is 10.0. The number of halogens is 3. The highest BCUT2D eigenvalue weighted by molar-refractivity contribution is 9.10. The average molecular weight is 338 g/mol. The van der Waals surface area contributed by atoms with Gasteiger partial charge in [-0.2, -0.15) is 8.78 Å². The Labute approximate surface area is 118 Å². The van der Waals surface area contributed by atoms with E-state index in [-0.39, 0.29) is 12.2 Å². The van der Waals surface area contributed by atoms with E-state index in [2.05, 4.69) is 20.7 Å². The standard InChI is InChI=1S/C12H14BrF2NO3/c1-3-19-11(17)12(14,15)10(16)7-4-5-9(18-2)8(13)6-7/h4-6,10H,3,16H2,1-2H3/t10-/m0/s1. The van der Waals surface area contributed by atoms with Crippen LogP contribution in [0.5, 0.6) is 5.75 Å². The number of methoxy groups -OCH3 is 1. The van der Waals surface area contributed by atoms with Crippen molar-refractivity contribution in [3.05, 3.63) is 28.2 Å². The fourth-order valence-electron chi connectivity index (χ4n) is 1.44. The van der Waals surface area contributed by atoms with Gasteiger partial charge in [-0.15, -0.1) is 0 Å². The van der Waals surface area contributed by atoms with Crippen LogP contribution in [0.2, 0.25) is 0 Å². The molecule has 1 aromatic rings. The molecule has 1 aromatic carbocycles. The molecule has 0 spiro atoms. The lowest BCUT2D eigenvalue weighted by Gasteiger charge is -2.22.